The van der Waals surface area contributed by atoms with Crippen molar-refractivity contribution in [3.63, 3.8) is 0 Å². The number of hydrogen-bond donors (Lipinski definition) is 1. The van der Waals surface area contributed by atoms with Crippen LogP contribution in [0, 0.1) is 0 Å². The normalized spacial score (nSPS) is 9.85. The van der Waals surface area contributed by atoms with E-state index in [1.54, 1.807) is 43.7 Å². The van der Waals surface area contributed by atoms with Crippen LogP contribution in [-0.4, -0.2) is 23.8 Å². The Morgan fingerprint density at radius 1 is 1.10 bits per heavy atom. The molecule has 102 valence electrons. The van der Waals surface area contributed by atoms with Crippen molar-refractivity contribution < 1.29 is 9.59 Å². The van der Waals surface area contributed by atoms with Crippen molar-refractivity contribution in [2.45, 2.75) is 6.54 Å². The van der Waals surface area contributed by atoms with Crippen LogP contribution in [0.4, 0.5) is 5.69 Å². The molecule has 0 bridgehead atoms. The maximum atomic E-state index is 12.0. The lowest BCUT2D eigenvalue weighted by Crippen LogP contribution is -2.40. The number of carbonyl (C=O) groups excluding carboxylic acids is 2. The van der Waals surface area contributed by atoms with Crippen molar-refractivity contribution in [2.24, 2.45) is 0 Å². The highest BCUT2D eigenvalue weighted by molar-refractivity contribution is 6.40. The average molecular weight is 269 g/mol. The standard InChI is InChI=1S/C15H15N3O2/c1-18(13-5-3-2-4-6-13)15(20)14(19)17-11-12-7-9-16-10-8-12/h2-10H,11H2,1H3,(H,17,19). The van der Waals surface area contributed by atoms with E-state index in [9.17, 15) is 9.59 Å². The second-order valence-corrected chi connectivity index (χ2v) is 4.24. The fourth-order valence-electron chi connectivity index (χ4n) is 1.68. The van der Waals surface area contributed by atoms with Gasteiger partial charge in [-0.25, -0.2) is 0 Å². The van der Waals surface area contributed by atoms with Crippen molar-refractivity contribution in [3.05, 3.63) is 60.4 Å². The molecule has 0 atom stereocenters. The molecule has 5 heteroatoms. The number of hydrogen-bond acceptors (Lipinski definition) is 3. The van der Waals surface area contributed by atoms with Crippen molar-refractivity contribution in [1.29, 1.82) is 0 Å². The Balaban J connectivity index is 1.94. The van der Waals surface area contributed by atoms with Crippen LogP contribution in [0.1, 0.15) is 5.56 Å². The van der Waals surface area contributed by atoms with Crippen molar-refractivity contribution in [1.82, 2.24) is 10.3 Å². The predicted octanol–water partition coefficient (Wildman–Crippen LogP) is 1.36. The van der Waals surface area contributed by atoms with Gasteiger partial charge in [0.05, 0.1) is 0 Å². The van der Waals surface area contributed by atoms with Crippen LogP contribution < -0.4 is 10.2 Å². The number of anilines is 1. The van der Waals surface area contributed by atoms with Gasteiger partial charge in [0.2, 0.25) is 0 Å². The summed E-state index contributed by atoms with van der Waals surface area (Å²) in [5.41, 5.74) is 1.57. The van der Waals surface area contributed by atoms with Crippen LogP contribution in [0.25, 0.3) is 0 Å². The maximum Gasteiger partial charge on any atom is 0.316 e. The lowest BCUT2D eigenvalue weighted by molar-refractivity contribution is -0.137. The molecular formula is C15H15N3O2. The number of benzene rings is 1. The molecule has 0 radical (unpaired) electrons. The van der Waals surface area contributed by atoms with Gasteiger partial charge in [0.1, 0.15) is 0 Å². The summed E-state index contributed by atoms with van der Waals surface area (Å²) in [5.74, 6) is -1.22. The number of pyridine rings is 1. The Morgan fingerprint density at radius 2 is 1.75 bits per heavy atom. The Morgan fingerprint density at radius 3 is 2.40 bits per heavy atom. The summed E-state index contributed by atoms with van der Waals surface area (Å²) in [5, 5.41) is 2.59. The van der Waals surface area contributed by atoms with Crippen LogP contribution >= 0.6 is 0 Å². The second-order valence-electron chi connectivity index (χ2n) is 4.24. The molecule has 2 amide bonds. The zero-order valence-corrected chi connectivity index (χ0v) is 11.1. The van der Waals surface area contributed by atoms with E-state index in [-0.39, 0.29) is 0 Å². The molecule has 1 aromatic carbocycles. The molecule has 2 rings (SSSR count). The first-order valence-corrected chi connectivity index (χ1v) is 6.18. The number of amides is 2. The molecule has 0 saturated heterocycles. The minimum absolute atomic E-state index is 0.301. The molecule has 20 heavy (non-hydrogen) atoms. The molecule has 0 fully saturated rings. The lowest BCUT2D eigenvalue weighted by Gasteiger charge is -2.16. The molecule has 5 nitrogen and oxygen atoms in total. The van der Waals surface area contributed by atoms with Gasteiger partial charge in [-0.15, -0.1) is 0 Å². The molecule has 0 spiro atoms. The SMILES string of the molecule is CN(C(=O)C(=O)NCc1ccncc1)c1ccccc1. The largest absolute Gasteiger partial charge is 0.344 e. The third-order valence-corrected chi connectivity index (χ3v) is 2.84. The zero-order valence-electron chi connectivity index (χ0n) is 11.1. The second kappa shape index (κ2) is 6.47. The summed E-state index contributed by atoms with van der Waals surface area (Å²) < 4.78 is 0. The number of aromatic nitrogens is 1. The summed E-state index contributed by atoms with van der Waals surface area (Å²) >= 11 is 0. The van der Waals surface area contributed by atoms with Crippen molar-refractivity contribution in [3.8, 4) is 0 Å². The quantitative estimate of drug-likeness (QED) is 0.856. The maximum absolute atomic E-state index is 12.0. The van der Waals surface area contributed by atoms with Gasteiger partial charge in [0, 0.05) is 31.7 Å². The first-order valence-electron chi connectivity index (χ1n) is 6.18. The van der Waals surface area contributed by atoms with Crippen LogP contribution in [0.2, 0.25) is 0 Å². The number of carbonyl (C=O) groups is 2. The minimum atomic E-state index is -0.631. The topological polar surface area (TPSA) is 62.3 Å². The minimum Gasteiger partial charge on any atom is -0.344 e. The fourth-order valence-corrected chi connectivity index (χ4v) is 1.68. The van der Waals surface area contributed by atoms with Gasteiger partial charge in [0.15, 0.2) is 0 Å². The number of rotatable bonds is 3. The molecular weight excluding hydrogens is 254 g/mol. The van der Waals surface area contributed by atoms with Gasteiger partial charge in [-0.2, -0.15) is 0 Å². The molecule has 0 aliphatic heterocycles. The Hall–Kier alpha value is -2.69. The van der Waals surface area contributed by atoms with Crippen LogP contribution in [0.5, 0.6) is 0 Å². The zero-order chi connectivity index (χ0) is 14.4. The first-order chi connectivity index (χ1) is 9.68. The van der Waals surface area contributed by atoms with Gasteiger partial charge in [-0.3, -0.25) is 14.6 Å². The smallest absolute Gasteiger partial charge is 0.316 e. The van der Waals surface area contributed by atoms with E-state index < -0.39 is 11.8 Å². The van der Waals surface area contributed by atoms with E-state index in [1.165, 1.54) is 4.90 Å². The van der Waals surface area contributed by atoms with Crippen LogP contribution in [0.3, 0.4) is 0 Å². The fraction of sp³-hybridized carbons (Fsp3) is 0.133. The van der Waals surface area contributed by atoms with Crippen molar-refractivity contribution >= 4 is 17.5 Å². The highest BCUT2D eigenvalue weighted by atomic mass is 16.2. The summed E-state index contributed by atoms with van der Waals surface area (Å²) in [7, 11) is 1.57. The lowest BCUT2D eigenvalue weighted by atomic mass is 10.2. The van der Waals surface area contributed by atoms with E-state index in [0.29, 0.717) is 12.2 Å². The monoisotopic (exact) mass is 269 g/mol. The van der Waals surface area contributed by atoms with E-state index in [4.69, 9.17) is 0 Å². The van der Waals surface area contributed by atoms with Gasteiger partial charge in [-0.1, -0.05) is 18.2 Å². The van der Waals surface area contributed by atoms with E-state index in [1.807, 2.05) is 18.2 Å². The third-order valence-electron chi connectivity index (χ3n) is 2.84. The molecule has 0 aliphatic rings. The number of para-hydroxylation sites is 1. The summed E-state index contributed by atoms with van der Waals surface area (Å²) in [6.07, 6.45) is 3.28. The summed E-state index contributed by atoms with van der Waals surface area (Å²) in [6.45, 7) is 0.301. The molecule has 1 heterocycles. The van der Waals surface area contributed by atoms with Gasteiger partial charge < -0.3 is 10.2 Å². The van der Waals surface area contributed by atoms with Gasteiger partial charge in [-0.05, 0) is 29.8 Å². The molecule has 0 saturated carbocycles. The number of likely N-dealkylation sites (N-methyl/N-ethyl adjacent to an activating group) is 1. The number of nitrogens with zero attached hydrogens (tertiary/aromatic N) is 2. The van der Waals surface area contributed by atoms with Crippen LogP contribution in [0.15, 0.2) is 54.9 Å². The Labute approximate surface area is 117 Å². The van der Waals surface area contributed by atoms with E-state index in [0.717, 1.165) is 5.56 Å². The predicted molar refractivity (Wildman–Crippen MR) is 75.9 cm³/mol. The Kier molecular flexibility index (Phi) is 4.44. The van der Waals surface area contributed by atoms with Gasteiger partial charge >= 0.3 is 11.8 Å². The van der Waals surface area contributed by atoms with E-state index >= 15 is 0 Å². The van der Waals surface area contributed by atoms with Crippen molar-refractivity contribution in [2.75, 3.05) is 11.9 Å². The highest BCUT2D eigenvalue weighted by Gasteiger charge is 2.19. The number of nitrogens with one attached hydrogen (secondary N) is 1. The molecule has 1 aromatic heterocycles. The first kappa shape index (κ1) is 13.7. The molecule has 0 aliphatic carbocycles. The molecule has 0 unspecified atom stereocenters. The molecule has 2 aromatic rings. The van der Waals surface area contributed by atoms with E-state index in [2.05, 4.69) is 10.3 Å². The highest BCUT2D eigenvalue weighted by Crippen LogP contribution is 2.10. The van der Waals surface area contributed by atoms with Crippen LogP contribution in [-0.2, 0) is 16.1 Å². The van der Waals surface area contributed by atoms with Gasteiger partial charge in [0.25, 0.3) is 0 Å². The Bertz CT molecular complexity index is 585. The average Bonchev–Trinajstić information content (AvgIpc) is 2.53. The third kappa shape index (κ3) is 3.41. The summed E-state index contributed by atoms with van der Waals surface area (Å²) in [6, 6.07) is 12.6. The summed E-state index contributed by atoms with van der Waals surface area (Å²) in [4.78, 5) is 29.0. The molecule has 1 N–H and O–H groups in total.